The molecule has 0 aromatic heterocycles. The third kappa shape index (κ3) is 2.59. The largest absolute Gasteiger partial charge is 0.417 e. The topological polar surface area (TPSA) is 9.23 Å². The highest BCUT2D eigenvalue weighted by Gasteiger charge is 2.33. The first-order valence-electron chi connectivity index (χ1n) is 5.31. The van der Waals surface area contributed by atoms with Crippen LogP contribution in [-0.2, 0) is 4.43 Å². The molecule has 1 aliphatic carbocycles. The fourth-order valence-corrected chi connectivity index (χ4v) is 5.07. The van der Waals surface area contributed by atoms with E-state index in [9.17, 15) is 0 Å². The van der Waals surface area contributed by atoms with Crippen molar-refractivity contribution in [3.63, 3.8) is 0 Å². The maximum Gasteiger partial charge on any atom is 0.189 e. The first-order valence-corrected chi connectivity index (χ1v) is 8.29. The number of hydrogen-bond donors (Lipinski definition) is 0. The van der Waals surface area contributed by atoms with E-state index in [4.69, 9.17) is 4.43 Å². The number of rotatable bonds is 3. The van der Waals surface area contributed by atoms with E-state index in [1.807, 2.05) is 0 Å². The van der Waals surface area contributed by atoms with E-state index < -0.39 is 8.32 Å². The van der Waals surface area contributed by atoms with Gasteiger partial charge in [0.25, 0.3) is 0 Å². The summed E-state index contributed by atoms with van der Waals surface area (Å²) in [4.78, 5) is 0. The Hall–Kier alpha value is 0.177. The fraction of sp³-hybridized carbons (Fsp3) is 1.00. The van der Waals surface area contributed by atoms with Gasteiger partial charge in [0, 0.05) is 6.61 Å². The molecule has 0 bridgehead atoms. The van der Waals surface area contributed by atoms with Crippen molar-refractivity contribution in [2.24, 2.45) is 0 Å². The van der Waals surface area contributed by atoms with Crippen LogP contribution in [0.5, 0.6) is 0 Å². The zero-order chi connectivity index (χ0) is 9.03. The summed E-state index contributed by atoms with van der Waals surface area (Å²) in [6.07, 6.45) is 7.19. The lowest BCUT2D eigenvalue weighted by atomic mass is 10.0. The summed E-state index contributed by atoms with van der Waals surface area (Å²) >= 11 is 0. The molecule has 72 valence electrons. The minimum Gasteiger partial charge on any atom is -0.417 e. The van der Waals surface area contributed by atoms with Gasteiger partial charge in [-0.25, -0.2) is 0 Å². The van der Waals surface area contributed by atoms with Crippen LogP contribution in [-0.4, -0.2) is 14.9 Å². The van der Waals surface area contributed by atoms with Gasteiger partial charge in [-0.2, -0.15) is 0 Å². The molecule has 0 radical (unpaired) electrons. The Bertz CT molecular complexity index is 128. The van der Waals surface area contributed by atoms with Gasteiger partial charge in [-0.1, -0.05) is 32.1 Å². The van der Waals surface area contributed by atoms with E-state index in [-0.39, 0.29) is 0 Å². The zero-order valence-corrected chi connectivity index (χ0v) is 9.73. The van der Waals surface area contributed by atoms with Crippen LogP contribution in [0.25, 0.3) is 0 Å². The summed E-state index contributed by atoms with van der Waals surface area (Å²) in [7, 11) is -1.30. The Morgan fingerprint density at radius 1 is 1.17 bits per heavy atom. The summed E-state index contributed by atoms with van der Waals surface area (Å²) in [6, 6.07) is 0. The molecule has 0 atom stereocenters. The molecule has 0 aromatic carbocycles. The molecule has 0 heterocycles. The Morgan fingerprint density at radius 2 is 1.75 bits per heavy atom. The van der Waals surface area contributed by atoms with Crippen LogP contribution in [0.2, 0.25) is 18.6 Å². The van der Waals surface area contributed by atoms with Crippen LogP contribution in [0.15, 0.2) is 0 Å². The summed E-state index contributed by atoms with van der Waals surface area (Å²) in [5.74, 6) is 0. The van der Waals surface area contributed by atoms with Gasteiger partial charge in [-0.15, -0.1) is 0 Å². The summed E-state index contributed by atoms with van der Waals surface area (Å²) < 4.78 is 5.91. The molecule has 1 nitrogen and oxygen atoms in total. The SMILES string of the molecule is CCO[Si](C)(C)C1CCCCC1. The van der Waals surface area contributed by atoms with Crippen LogP contribution in [0.3, 0.4) is 0 Å². The molecular formula is C10H22OSi. The molecule has 0 N–H and O–H groups in total. The average molecular weight is 186 g/mol. The van der Waals surface area contributed by atoms with Crippen molar-refractivity contribution in [1.29, 1.82) is 0 Å². The molecule has 0 aromatic rings. The highest BCUT2D eigenvalue weighted by Crippen LogP contribution is 2.37. The minimum absolute atomic E-state index is 0.912. The molecule has 2 heteroatoms. The third-order valence-corrected chi connectivity index (χ3v) is 6.68. The summed E-state index contributed by atoms with van der Waals surface area (Å²) in [5, 5.41) is 0. The van der Waals surface area contributed by atoms with Crippen molar-refractivity contribution >= 4 is 8.32 Å². The Kier molecular flexibility index (Phi) is 3.78. The van der Waals surface area contributed by atoms with Crippen molar-refractivity contribution in [1.82, 2.24) is 0 Å². The molecule has 12 heavy (non-hydrogen) atoms. The van der Waals surface area contributed by atoms with E-state index >= 15 is 0 Å². The van der Waals surface area contributed by atoms with Crippen LogP contribution in [0, 0.1) is 0 Å². The van der Waals surface area contributed by atoms with Gasteiger partial charge in [0.2, 0.25) is 0 Å². The van der Waals surface area contributed by atoms with Crippen molar-refractivity contribution in [3.05, 3.63) is 0 Å². The Labute approximate surface area is 77.6 Å². The monoisotopic (exact) mass is 186 g/mol. The van der Waals surface area contributed by atoms with Gasteiger partial charge in [0.05, 0.1) is 0 Å². The highest BCUT2D eigenvalue weighted by atomic mass is 28.4. The van der Waals surface area contributed by atoms with E-state index in [1.165, 1.54) is 32.1 Å². The molecular weight excluding hydrogens is 164 g/mol. The molecule has 0 spiro atoms. The maximum atomic E-state index is 5.91. The molecule has 1 aliphatic rings. The third-order valence-electron chi connectivity index (χ3n) is 3.10. The molecule has 1 saturated carbocycles. The second kappa shape index (κ2) is 4.42. The van der Waals surface area contributed by atoms with Crippen LogP contribution >= 0.6 is 0 Å². The highest BCUT2D eigenvalue weighted by molar-refractivity contribution is 6.72. The van der Waals surface area contributed by atoms with Crippen LogP contribution < -0.4 is 0 Å². The lowest BCUT2D eigenvalue weighted by Gasteiger charge is -2.34. The number of hydrogen-bond acceptors (Lipinski definition) is 1. The van der Waals surface area contributed by atoms with E-state index in [0.717, 1.165) is 12.1 Å². The quantitative estimate of drug-likeness (QED) is 0.612. The van der Waals surface area contributed by atoms with E-state index in [2.05, 4.69) is 20.0 Å². The molecule has 1 rings (SSSR count). The van der Waals surface area contributed by atoms with Crippen molar-refractivity contribution < 1.29 is 4.43 Å². The van der Waals surface area contributed by atoms with Crippen molar-refractivity contribution in [3.8, 4) is 0 Å². The first-order chi connectivity index (χ1) is 5.67. The first kappa shape index (κ1) is 10.3. The van der Waals surface area contributed by atoms with Gasteiger partial charge in [-0.3, -0.25) is 0 Å². The lowest BCUT2D eigenvalue weighted by molar-refractivity contribution is 0.306. The minimum atomic E-state index is -1.30. The van der Waals surface area contributed by atoms with Gasteiger partial charge in [0.1, 0.15) is 0 Å². The Morgan fingerprint density at radius 3 is 2.25 bits per heavy atom. The average Bonchev–Trinajstić information content (AvgIpc) is 2.06. The van der Waals surface area contributed by atoms with Crippen molar-refractivity contribution in [2.75, 3.05) is 6.61 Å². The lowest BCUT2D eigenvalue weighted by Crippen LogP contribution is -2.37. The van der Waals surface area contributed by atoms with Gasteiger partial charge >= 0.3 is 0 Å². The standard InChI is InChI=1S/C10H22OSi/c1-4-11-12(2,3)10-8-6-5-7-9-10/h10H,4-9H2,1-3H3. The van der Waals surface area contributed by atoms with E-state index in [1.54, 1.807) is 0 Å². The van der Waals surface area contributed by atoms with E-state index in [0.29, 0.717) is 0 Å². The normalized spacial score (nSPS) is 21.2. The fourth-order valence-electron chi connectivity index (χ4n) is 2.29. The maximum absolute atomic E-state index is 5.91. The molecule has 1 fully saturated rings. The van der Waals surface area contributed by atoms with Gasteiger partial charge < -0.3 is 4.43 Å². The van der Waals surface area contributed by atoms with Gasteiger partial charge in [-0.05, 0) is 25.6 Å². The van der Waals surface area contributed by atoms with Crippen molar-refractivity contribution in [2.45, 2.75) is 57.7 Å². The predicted octanol–water partition coefficient (Wildman–Crippen LogP) is 3.56. The van der Waals surface area contributed by atoms with Crippen LogP contribution in [0.1, 0.15) is 39.0 Å². The molecule has 0 amide bonds. The summed E-state index contributed by atoms with van der Waals surface area (Å²) in [5.41, 5.74) is 0.936. The summed E-state index contributed by atoms with van der Waals surface area (Å²) in [6.45, 7) is 7.80. The molecule has 0 aliphatic heterocycles. The smallest absolute Gasteiger partial charge is 0.189 e. The van der Waals surface area contributed by atoms with Crippen LogP contribution in [0.4, 0.5) is 0 Å². The Balaban J connectivity index is 2.41. The predicted molar refractivity (Wildman–Crippen MR) is 55.9 cm³/mol. The van der Waals surface area contributed by atoms with Gasteiger partial charge in [0.15, 0.2) is 8.32 Å². The molecule has 0 saturated heterocycles. The zero-order valence-electron chi connectivity index (χ0n) is 8.73. The second-order valence-corrected chi connectivity index (χ2v) is 8.68. The second-order valence-electron chi connectivity index (χ2n) is 4.37. The molecule has 0 unspecified atom stereocenters.